The number of benzene rings is 11. The first-order valence-electron chi connectivity index (χ1n) is 21.9. The number of nitrogens with zero attached hydrogens (tertiary/aromatic N) is 1. The fraction of sp³-hybridized carbons (Fsp3) is 0. The van der Waals surface area contributed by atoms with Gasteiger partial charge in [0.2, 0.25) is 0 Å². The molecule has 11 aromatic carbocycles. The summed E-state index contributed by atoms with van der Waals surface area (Å²) in [6.07, 6.45) is 0. The van der Waals surface area contributed by atoms with Gasteiger partial charge in [0.1, 0.15) is 11.2 Å². The lowest BCUT2D eigenvalue weighted by molar-refractivity contribution is 0.669. The Morgan fingerprint density at radius 3 is 1.52 bits per heavy atom. The number of para-hydroxylation sites is 1. The first kappa shape index (κ1) is 37.3. The van der Waals surface area contributed by atoms with Crippen LogP contribution in [0.25, 0.3) is 99.1 Å². The third-order valence-corrected chi connectivity index (χ3v) is 12.7. The van der Waals surface area contributed by atoms with Gasteiger partial charge in [0.05, 0.1) is 5.69 Å². The van der Waals surface area contributed by atoms with Crippen LogP contribution in [0.2, 0.25) is 0 Å². The van der Waals surface area contributed by atoms with Gasteiger partial charge in [-0.05, 0) is 126 Å². The molecule has 0 bridgehead atoms. The molecule has 64 heavy (non-hydrogen) atoms. The largest absolute Gasteiger partial charge is 0.456 e. The molecule has 0 radical (unpaired) electrons. The molecule has 0 unspecified atom stereocenters. The summed E-state index contributed by atoms with van der Waals surface area (Å²) in [6, 6.07) is 89.8. The minimum absolute atomic E-state index is 0.892. The molecule has 0 saturated carbocycles. The predicted molar refractivity (Wildman–Crippen MR) is 271 cm³/mol. The Morgan fingerprint density at radius 1 is 0.266 bits per heavy atom. The summed E-state index contributed by atoms with van der Waals surface area (Å²) in [7, 11) is 0. The van der Waals surface area contributed by atoms with Crippen molar-refractivity contribution in [2.24, 2.45) is 0 Å². The Bertz CT molecular complexity index is 3640. The van der Waals surface area contributed by atoms with Crippen LogP contribution in [0.15, 0.2) is 253 Å². The van der Waals surface area contributed by atoms with E-state index in [2.05, 4.69) is 241 Å². The molecule has 0 saturated heterocycles. The molecule has 2 heteroatoms. The smallest absolute Gasteiger partial charge is 0.136 e. The molecule has 1 heterocycles. The van der Waals surface area contributed by atoms with Crippen molar-refractivity contribution in [3.05, 3.63) is 249 Å². The first-order chi connectivity index (χ1) is 31.7. The maximum Gasteiger partial charge on any atom is 0.136 e. The number of furan rings is 1. The Balaban J connectivity index is 1.05. The molecule has 12 aromatic rings. The molecule has 300 valence electrons. The number of anilines is 3. The van der Waals surface area contributed by atoms with Gasteiger partial charge in [-0.2, -0.15) is 0 Å². The van der Waals surface area contributed by atoms with Crippen molar-refractivity contribution in [1.29, 1.82) is 0 Å². The number of hydrogen-bond donors (Lipinski definition) is 0. The van der Waals surface area contributed by atoms with E-state index in [1.807, 2.05) is 12.1 Å². The Hall–Kier alpha value is -8.46. The van der Waals surface area contributed by atoms with Crippen LogP contribution >= 0.6 is 0 Å². The maximum absolute atomic E-state index is 6.31. The quantitative estimate of drug-likeness (QED) is 0.142. The molecule has 0 aliphatic heterocycles. The second kappa shape index (κ2) is 15.8. The summed E-state index contributed by atoms with van der Waals surface area (Å²) < 4.78 is 6.31. The van der Waals surface area contributed by atoms with E-state index >= 15 is 0 Å². The van der Waals surface area contributed by atoms with Crippen molar-refractivity contribution in [2.45, 2.75) is 0 Å². The van der Waals surface area contributed by atoms with E-state index in [0.717, 1.165) is 61.3 Å². The van der Waals surface area contributed by atoms with Crippen LogP contribution < -0.4 is 4.90 Å². The van der Waals surface area contributed by atoms with Gasteiger partial charge >= 0.3 is 0 Å². The number of hydrogen-bond acceptors (Lipinski definition) is 2. The summed E-state index contributed by atoms with van der Waals surface area (Å²) in [5, 5.41) is 7.28. The molecule has 0 spiro atoms. The summed E-state index contributed by atoms with van der Waals surface area (Å²) in [6.45, 7) is 0. The van der Waals surface area contributed by atoms with E-state index in [0.29, 0.717) is 0 Å². The molecule has 0 aliphatic rings. The second-order valence-electron chi connectivity index (χ2n) is 16.4. The summed E-state index contributed by atoms with van der Waals surface area (Å²) >= 11 is 0. The number of fused-ring (bicyclic) bond motifs is 6. The van der Waals surface area contributed by atoms with E-state index in [1.54, 1.807) is 0 Å². The highest BCUT2D eigenvalue weighted by Gasteiger charge is 2.23. The van der Waals surface area contributed by atoms with Crippen molar-refractivity contribution in [1.82, 2.24) is 0 Å². The zero-order valence-electron chi connectivity index (χ0n) is 35.0. The third kappa shape index (κ3) is 6.52. The summed E-state index contributed by atoms with van der Waals surface area (Å²) in [5.74, 6) is 0. The van der Waals surface area contributed by atoms with Gasteiger partial charge in [-0.15, -0.1) is 0 Å². The van der Waals surface area contributed by atoms with Crippen LogP contribution in [0.4, 0.5) is 17.1 Å². The third-order valence-electron chi connectivity index (χ3n) is 12.7. The van der Waals surface area contributed by atoms with Gasteiger partial charge in [0, 0.05) is 27.7 Å². The highest BCUT2D eigenvalue weighted by atomic mass is 16.3. The normalized spacial score (nSPS) is 11.4. The molecule has 0 atom stereocenters. The van der Waals surface area contributed by atoms with Gasteiger partial charge in [-0.3, -0.25) is 0 Å². The van der Waals surface area contributed by atoms with Gasteiger partial charge in [0.25, 0.3) is 0 Å². The van der Waals surface area contributed by atoms with Gasteiger partial charge in [-0.25, -0.2) is 0 Å². The molecular formula is C62H41NO. The monoisotopic (exact) mass is 815 g/mol. The molecule has 0 fully saturated rings. The Kier molecular flexibility index (Phi) is 9.20. The Morgan fingerprint density at radius 2 is 0.781 bits per heavy atom. The van der Waals surface area contributed by atoms with E-state index in [4.69, 9.17) is 4.42 Å². The maximum atomic E-state index is 6.31. The van der Waals surface area contributed by atoms with Crippen LogP contribution in [0, 0.1) is 0 Å². The van der Waals surface area contributed by atoms with Crippen molar-refractivity contribution in [2.75, 3.05) is 4.90 Å². The van der Waals surface area contributed by atoms with Crippen molar-refractivity contribution in [3.8, 4) is 55.6 Å². The van der Waals surface area contributed by atoms with Gasteiger partial charge < -0.3 is 9.32 Å². The van der Waals surface area contributed by atoms with Crippen LogP contribution in [0.1, 0.15) is 0 Å². The molecule has 12 rings (SSSR count). The standard InChI is InChI=1S/C62H41NO/c1-3-16-43(17-4-1)50-21-9-12-26-57(50)62-52(44-18-5-2-6-19-44)27-15-28-59(62)63(48-35-30-42(31-36-48)46-34-39-56-55-25-13-14-29-60(55)64-61(56)41-46)49-37-32-45(33-38-49)58-40-47-20-7-8-22-51(47)53-23-10-11-24-54(53)58/h1-41H. The van der Waals surface area contributed by atoms with Gasteiger partial charge in [0.15, 0.2) is 0 Å². The predicted octanol–water partition coefficient (Wildman–Crippen LogP) is 17.7. The van der Waals surface area contributed by atoms with Gasteiger partial charge in [-0.1, -0.05) is 194 Å². The van der Waals surface area contributed by atoms with Crippen molar-refractivity contribution < 1.29 is 4.42 Å². The van der Waals surface area contributed by atoms with E-state index in [-0.39, 0.29) is 0 Å². The molecule has 0 amide bonds. The molecule has 1 aromatic heterocycles. The molecule has 0 aliphatic carbocycles. The lowest BCUT2D eigenvalue weighted by Gasteiger charge is -2.30. The average molecular weight is 816 g/mol. The minimum Gasteiger partial charge on any atom is -0.456 e. The summed E-state index contributed by atoms with van der Waals surface area (Å²) in [4.78, 5) is 2.43. The molecular weight excluding hydrogens is 775 g/mol. The highest BCUT2D eigenvalue weighted by Crippen LogP contribution is 2.48. The molecule has 2 nitrogen and oxygen atoms in total. The fourth-order valence-electron chi connectivity index (χ4n) is 9.66. The van der Waals surface area contributed by atoms with Crippen molar-refractivity contribution >= 4 is 60.5 Å². The van der Waals surface area contributed by atoms with Crippen LogP contribution in [0.5, 0.6) is 0 Å². The minimum atomic E-state index is 0.892. The van der Waals surface area contributed by atoms with E-state index in [9.17, 15) is 0 Å². The lowest BCUT2D eigenvalue weighted by atomic mass is 9.87. The first-order valence-corrected chi connectivity index (χ1v) is 21.9. The topological polar surface area (TPSA) is 16.4 Å². The van der Waals surface area contributed by atoms with Crippen molar-refractivity contribution in [3.63, 3.8) is 0 Å². The zero-order chi connectivity index (χ0) is 42.4. The van der Waals surface area contributed by atoms with Crippen LogP contribution in [-0.2, 0) is 0 Å². The highest BCUT2D eigenvalue weighted by molar-refractivity contribution is 6.14. The fourth-order valence-corrected chi connectivity index (χ4v) is 9.66. The van der Waals surface area contributed by atoms with E-state index < -0.39 is 0 Å². The average Bonchev–Trinajstić information content (AvgIpc) is 3.75. The van der Waals surface area contributed by atoms with E-state index in [1.165, 1.54) is 54.9 Å². The SMILES string of the molecule is c1ccc(-c2ccccc2-c2c(-c3ccccc3)cccc2N(c2ccc(-c3ccc4c(c3)oc3ccccc34)cc2)c2ccc(-c3cc4ccccc4c4ccccc34)cc2)cc1. The number of rotatable bonds is 8. The Labute approximate surface area is 372 Å². The molecule has 0 N–H and O–H groups in total. The summed E-state index contributed by atoms with van der Waals surface area (Å²) in [5.41, 5.74) is 16.7. The zero-order valence-corrected chi connectivity index (χ0v) is 35.0. The van der Waals surface area contributed by atoms with Crippen LogP contribution in [0.3, 0.4) is 0 Å². The lowest BCUT2D eigenvalue weighted by Crippen LogP contribution is -2.12. The van der Waals surface area contributed by atoms with Crippen LogP contribution in [-0.4, -0.2) is 0 Å². The second-order valence-corrected chi connectivity index (χ2v) is 16.4.